The maximum Gasteiger partial charge on any atom is 0.119 e. The molecule has 0 atom stereocenters. The van der Waals surface area contributed by atoms with Crippen molar-refractivity contribution in [3.8, 4) is 5.75 Å². The first kappa shape index (κ1) is 17.8. The van der Waals surface area contributed by atoms with Crippen LogP contribution in [0, 0.1) is 0 Å². The van der Waals surface area contributed by atoms with Gasteiger partial charge in [0.25, 0.3) is 0 Å². The molecule has 0 aliphatic rings. The number of methoxy groups -OCH3 is 1. The van der Waals surface area contributed by atoms with Crippen LogP contribution in [0.15, 0.2) is 42.5 Å². The lowest BCUT2D eigenvalue weighted by Crippen LogP contribution is -2.24. The van der Waals surface area contributed by atoms with Gasteiger partial charge in [0.15, 0.2) is 0 Å². The van der Waals surface area contributed by atoms with Crippen LogP contribution in [0.1, 0.15) is 33.1 Å². The van der Waals surface area contributed by atoms with Gasteiger partial charge in [-0.15, -0.1) is 0 Å². The maximum atomic E-state index is 5.82. The maximum absolute atomic E-state index is 5.82. The molecule has 0 saturated carbocycles. The number of unbranched alkanes of at least 4 members (excludes halogenated alkanes) is 1. The van der Waals surface area contributed by atoms with Gasteiger partial charge in [0.05, 0.1) is 12.2 Å². The zero-order chi connectivity index (χ0) is 16.5. The SMILES string of the molecule is COC(C)(C)CCOCCCCOc1ccc2ccccc2c1. The molecule has 0 bridgehead atoms. The Morgan fingerprint density at radius 2 is 1.61 bits per heavy atom. The van der Waals surface area contributed by atoms with Gasteiger partial charge in [-0.05, 0) is 56.0 Å². The van der Waals surface area contributed by atoms with Crippen molar-refractivity contribution in [1.82, 2.24) is 0 Å². The van der Waals surface area contributed by atoms with Crippen molar-refractivity contribution in [2.75, 3.05) is 26.9 Å². The van der Waals surface area contributed by atoms with Crippen molar-refractivity contribution in [3.63, 3.8) is 0 Å². The Hall–Kier alpha value is -1.58. The molecule has 0 saturated heterocycles. The minimum absolute atomic E-state index is 0.0980. The molecule has 0 unspecified atom stereocenters. The highest BCUT2D eigenvalue weighted by atomic mass is 16.5. The van der Waals surface area contributed by atoms with E-state index in [0.29, 0.717) is 0 Å². The molecule has 0 aliphatic carbocycles. The molecule has 126 valence electrons. The molecule has 2 rings (SSSR count). The van der Waals surface area contributed by atoms with Crippen LogP contribution >= 0.6 is 0 Å². The molecule has 0 aromatic heterocycles. The first-order valence-electron chi connectivity index (χ1n) is 8.35. The van der Waals surface area contributed by atoms with E-state index in [0.717, 1.165) is 44.8 Å². The van der Waals surface area contributed by atoms with Gasteiger partial charge in [-0.3, -0.25) is 0 Å². The average molecular weight is 316 g/mol. The van der Waals surface area contributed by atoms with E-state index in [1.165, 1.54) is 10.8 Å². The van der Waals surface area contributed by atoms with Gasteiger partial charge in [0.1, 0.15) is 5.75 Å². The summed E-state index contributed by atoms with van der Waals surface area (Å²) in [5.74, 6) is 0.937. The fourth-order valence-electron chi connectivity index (χ4n) is 2.28. The number of hydrogen-bond donors (Lipinski definition) is 0. The molecule has 0 fully saturated rings. The minimum Gasteiger partial charge on any atom is -0.494 e. The second kappa shape index (κ2) is 8.90. The summed E-state index contributed by atoms with van der Waals surface area (Å²) in [5, 5.41) is 2.46. The number of benzene rings is 2. The third kappa shape index (κ3) is 6.20. The monoisotopic (exact) mass is 316 g/mol. The van der Waals surface area contributed by atoms with Crippen molar-refractivity contribution >= 4 is 10.8 Å². The van der Waals surface area contributed by atoms with Gasteiger partial charge in [0.2, 0.25) is 0 Å². The van der Waals surface area contributed by atoms with Crippen LogP contribution in [0.25, 0.3) is 10.8 Å². The number of fused-ring (bicyclic) bond motifs is 1. The number of hydrogen-bond acceptors (Lipinski definition) is 3. The van der Waals surface area contributed by atoms with Gasteiger partial charge < -0.3 is 14.2 Å². The molecule has 3 heteroatoms. The highest BCUT2D eigenvalue weighted by Gasteiger charge is 2.15. The van der Waals surface area contributed by atoms with Crippen LogP contribution in [0.5, 0.6) is 5.75 Å². The Balaban J connectivity index is 1.58. The van der Waals surface area contributed by atoms with Crippen molar-refractivity contribution < 1.29 is 14.2 Å². The van der Waals surface area contributed by atoms with Crippen LogP contribution in [0.4, 0.5) is 0 Å². The molecule has 3 nitrogen and oxygen atoms in total. The molecular formula is C20H28O3. The summed E-state index contributed by atoms with van der Waals surface area (Å²) < 4.78 is 16.8. The number of ether oxygens (including phenoxy) is 3. The van der Waals surface area contributed by atoms with Crippen molar-refractivity contribution in [2.24, 2.45) is 0 Å². The second-order valence-corrected chi connectivity index (χ2v) is 6.39. The predicted octanol–water partition coefficient (Wildman–Crippen LogP) is 4.83. The molecule has 0 heterocycles. The standard InChI is InChI=1S/C20H28O3/c1-20(2,21-3)12-15-22-13-6-7-14-23-19-11-10-17-8-4-5-9-18(17)16-19/h4-5,8-11,16H,6-7,12-15H2,1-3H3. The van der Waals surface area contributed by atoms with Gasteiger partial charge in [-0.1, -0.05) is 30.3 Å². The van der Waals surface area contributed by atoms with Gasteiger partial charge in [-0.2, -0.15) is 0 Å². The van der Waals surface area contributed by atoms with E-state index in [1.54, 1.807) is 7.11 Å². The lowest BCUT2D eigenvalue weighted by atomic mass is 10.1. The van der Waals surface area contributed by atoms with Crippen LogP contribution in [-0.4, -0.2) is 32.5 Å². The first-order chi connectivity index (χ1) is 11.1. The molecular weight excluding hydrogens is 288 g/mol. The molecule has 0 amide bonds. The number of rotatable bonds is 10. The van der Waals surface area contributed by atoms with Crippen LogP contribution in [-0.2, 0) is 9.47 Å². The molecule has 23 heavy (non-hydrogen) atoms. The zero-order valence-corrected chi connectivity index (χ0v) is 14.5. The van der Waals surface area contributed by atoms with Gasteiger partial charge in [0, 0.05) is 20.3 Å². The largest absolute Gasteiger partial charge is 0.494 e. The molecule has 0 N–H and O–H groups in total. The van der Waals surface area contributed by atoms with E-state index in [2.05, 4.69) is 44.2 Å². The fourth-order valence-corrected chi connectivity index (χ4v) is 2.28. The summed E-state index contributed by atoms with van der Waals surface area (Å²) in [6.45, 7) is 6.40. The van der Waals surface area contributed by atoms with E-state index in [9.17, 15) is 0 Å². The van der Waals surface area contributed by atoms with Crippen molar-refractivity contribution in [2.45, 2.75) is 38.7 Å². The van der Waals surface area contributed by atoms with E-state index < -0.39 is 0 Å². The van der Waals surface area contributed by atoms with Crippen LogP contribution in [0.3, 0.4) is 0 Å². The Bertz CT molecular complexity index is 592. The van der Waals surface area contributed by atoms with E-state index in [-0.39, 0.29) is 5.60 Å². The zero-order valence-electron chi connectivity index (χ0n) is 14.5. The Labute approximate surface area is 139 Å². The summed E-state index contributed by atoms with van der Waals surface area (Å²) in [7, 11) is 1.74. The second-order valence-electron chi connectivity index (χ2n) is 6.39. The fraction of sp³-hybridized carbons (Fsp3) is 0.500. The average Bonchev–Trinajstić information content (AvgIpc) is 2.57. The van der Waals surface area contributed by atoms with Crippen molar-refractivity contribution in [3.05, 3.63) is 42.5 Å². The molecule has 0 spiro atoms. The van der Waals surface area contributed by atoms with E-state index >= 15 is 0 Å². The van der Waals surface area contributed by atoms with Crippen LogP contribution in [0.2, 0.25) is 0 Å². The predicted molar refractivity (Wildman–Crippen MR) is 95.2 cm³/mol. The Morgan fingerprint density at radius 1 is 0.870 bits per heavy atom. The smallest absolute Gasteiger partial charge is 0.119 e. The molecule has 0 radical (unpaired) electrons. The lowest BCUT2D eigenvalue weighted by molar-refractivity contribution is -0.0103. The van der Waals surface area contributed by atoms with Crippen molar-refractivity contribution in [1.29, 1.82) is 0 Å². The Morgan fingerprint density at radius 3 is 2.39 bits per heavy atom. The van der Waals surface area contributed by atoms with E-state index in [4.69, 9.17) is 14.2 Å². The summed E-state index contributed by atoms with van der Waals surface area (Å²) >= 11 is 0. The molecule has 0 aliphatic heterocycles. The highest BCUT2D eigenvalue weighted by molar-refractivity contribution is 5.83. The highest BCUT2D eigenvalue weighted by Crippen LogP contribution is 2.20. The normalized spacial score (nSPS) is 11.8. The third-order valence-electron chi connectivity index (χ3n) is 4.07. The Kier molecular flexibility index (Phi) is 6.87. The molecule has 2 aromatic carbocycles. The summed E-state index contributed by atoms with van der Waals surface area (Å²) in [6, 6.07) is 14.6. The van der Waals surface area contributed by atoms with Gasteiger partial charge in [-0.25, -0.2) is 0 Å². The topological polar surface area (TPSA) is 27.7 Å². The molecule has 2 aromatic rings. The van der Waals surface area contributed by atoms with E-state index in [1.807, 2.05) is 12.1 Å². The summed E-state index contributed by atoms with van der Waals surface area (Å²) in [4.78, 5) is 0. The summed E-state index contributed by atoms with van der Waals surface area (Å²) in [6.07, 6.45) is 2.93. The van der Waals surface area contributed by atoms with Crippen LogP contribution < -0.4 is 4.74 Å². The van der Waals surface area contributed by atoms with Gasteiger partial charge >= 0.3 is 0 Å². The quantitative estimate of drug-likeness (QED) is 0.588. The first-order valence-corrected chi connectivity index (χ1v) is 8.35. The summed E-state index contributed by atoms with van der Waals surface area (Å²) in [5.41, 5.74) is -0.0980. The third-order valence-corrected chi connectivity index (χ3v) is 4.07. The lowest BCUT2D eigenvalue weighted by Gasteiger charge is -2.22. The minimum atomic E-state index is -0.0980.